The molecule has 0 aromatic heterocycles. The lowest BCUT2D eigenvalue weighted by Gasteiger charge is -2.21. The number of hydrogen-bond acceptors (Lipinski definition) is 2. The molecule has 0 fully saturated rings. The number of fused-ring (bicyclic) bond motifs is 2. The lowest BCUT2D eigenvalue weighted by molar-refractivity contribution is 0.637. The van der Waals surface area contributed by atoms with Crippen molar-refractivity contribution in [2.24, 2.45) is 0 Å². The summed E-state index contributed by atoms with van der Waals surface area (Å²) >= 11 is 0. The Morgan fingerprint density at radius 3 is 2.86 bits per heavy atom. The van der Waals surface area contributed by atoms with E-state index in [-0.39, 0.29) is 0 Å². The van der Waals surface area contributed by atoms with Crippen molar-refractivity contribution in [3.63, 3.8) is 0 Å². The van der Waals surface area contributed by atoms with Crippen LogP contribution in [0.15, 0.2) is 42.5 Å². The van der Waals surface area contributed by atoms with Gasteiger partial charge in [-0.1, -0.05) is 30.3 Å². The van der Waals surface area contributed by atoms with Crippen LogP contribution in [0.2, 0.25) is 0 Å². The predicted molar refractivity (Wildman–Crippen MR) is 87.6 cm³/mol. The van der Waals surface area contributed by atoms with Gasteiger partial charge >= 0.3 is 0 Å². The van der Waals surface area contributed by atoms with Gasteiger partial charge in [0.2, 0.25) is 0 Å². The summed E-state index contributed by atoms with van der Waals surface area (Å²) in [6.45, 7) is 2.05. The van der Waals surface area contributed by atoms with Gasteiger partial charge in [-0.15, -0.1) is 0 Å². The van der Waals surface area contributed by atoms with Gasteiger partial charge in [0.05, 0.1) is 6.04 Å². The third kappa shape index (κ3) is 2.56. The van der Waals surface area contributed by atoms with Crippen LogP contribution in [0.4, 0.5) is 5.69 Å². The molecule has 2 aromatic rings. The van der Waals surface area contributed by atoms with Crippen molar-refractivity contribution in [2.75, 3.05) is 11.9 Å². The third-order valence-electron chi connectivity index (χ3n) is 4.80. The highest BCUT2D eigenvalue weighted by atomic mass is 14.9. The SMILES string of the molecule is c1ccc2c(c1)CNCCC2Nc1ccc2c(c1)CCC2. The summed E-state index contributed by atoms with van der Waals surface area (Å²) in [5.41, 5.74) is 7.23. The number of rotatable bonds is 2. The number of anilines is 1. The van der Waals surface area contributed by atoms with Crippen LogP contribution in [0.5, 0.6) is 0 Å². The molecule has 2 nitrogen and oxygen atoms in total. The number of benzene rings is 2. The van der Waals surface area contributed by atoms with Crippen LogP contribution in [0.1, 0.15) is 41.1 Å². The molecule has 2 heteroatoms. The number of nitrogens with one attached hydrogen (secondary N) is 2. The van der Waals surface area contributed by atoms with E-state index >= 15 is 0 Å². The van der Waals surface area contributed by atoms with Crippen LogP contribution in [-0.2, 0) is 19.4 Å². The summed E-state index contributed by atoms with van der Waals surface area (Å²) in [5.74, 6) is 0. The first-order valence-electron chi connectivity index (χ1n) is 8.07. The van der Waals surface area contributed by atoms with E-state index in [2.05, 4.69) is 53.1 Å². The average molecular weight is 278 g/mol. The Kier molecular flexibility index (Phi) is 3.40. The van der Waals surface area contributed by atoms with Crippen molar-refractivity contribution in [3.8, 4) is 0 Å². The molecule has 0 spiro atoms. The maximum atomic E-state index is 3.77. The Balaban J connectivity index is 1.62. The summed E-state index contributed by atoms with van der Waals surface area (Å²) in [5, 5.41) is 7.29. The van der Waals surface area contributed by atoms with Gasteiger partial charge in [-0.3, -0.25) is 0 Å². The Labute approximate surface area is 126 Å². The molecule has 1 aliphatic heterocycles. The maximum Gasteiger partial charge on any atom is 0.0529 e. The minimum Gasteiger partial charge on any atom is -0.378 e. The van der Waals surface area contributed by atoms with E-state index in [0.29, 0.717) is 6.04 Å². The Morgan fingerprint density at radius 1 is 0.952 bits per heavy atom. The van der Waals surface area contributed by atoms with Crippen LogP contribution in [-0.4, -0.2) is 6.54 Å². The topological polar surface area (TPSA) is 24.1 Å². The Bertz CT molecular complexity index is 648. The number of aryl methyl sites for hydroxylation is 2. The molecule has 2 N–H and O–H groups in total. The molecule has 2 aliphatic rings. The van der Waals surface area contributed by atoms with Crippen LogP contribution >= 0.6 is 0 Å². The molecule has 0 saturated heterocycles. The van der Waals surface area contributed by atoms with Crippen molar-refractivity contribution in [1.29, 1.82) is 0 Å². The molecule has 108 valence electrons. The highest BCUT2D eigenvalue weighted by Crippen LogP contribution is 2.30. The van der Waals surface area contributed by atoms with E-state index in [1.54, 1.807) is 11.1 Å². The molecule has 1 unspecified atom stereocenters. The molecular weight excluding hydrogens is 256 g/mol. The molecule has 1 atom stereocenters. The molecule has 0 radical (unpaired) electrons. The van der Waals surface area contributed by atoms with Gasteiger partial charge in [0.15, 0.2) is 0 Å². The largest absolute Gasteiger partial charge is 0.378 e. The normalized spacial score (nSPS) is 20.5. The molecule has 1 aliphatic carbocycles. The summed E-state index contributed by atoms with van der Waals surface area (Å²) in [7, 11) is 0. The first-order chi connectivity index (χ1) is 10.4. The number of hydrogen-bond donors (Lipinski definition) is 2. The lowest BCUT2D eigenvalue weighted by atomic mass is 9.98. The second kappa shape index (κ2) is 5.53. The van der Waals surface area contributed by atoms with Gasteiger partial charge in [0.25, 0.3) is 0 Å². The second-order valence-corrected chi connectivity index (χ2v) is 6.20. The first kappa shape index (κ1) is 12.9. The Hall–Kier alpha value is -1.80. The van der Waals surface area contributed by atoms with Crippen molar-refractivity contribution >= 4 is 5.69 Å². The van der Waals surface area contributed by atoms with Gasteiger partial charge in [0.1, 0.15) is 0 Å². The Morgan fingerprint density at radius 2 is 1.86 bits per heavy atom. The quantitative estimate of drug-likeness (QED) is 0.872. The van der Waals surface area contributed by atoms with E-state index in [0.717, 1.165) is 19.5 Å². The summed E-state index contributed by atoms with van der Waals surface area (Å²) < 4.78 is 0. The van der Waals surface area contributed by atoms with Crippen LogP contribution in [0.25, 0.3) is 0 Å². The van der Waals surface area contributed by atoms with Gasteiger partial charge < -0.3 is 10.6 Å². The monoisotopic (exact) mass is 278 g/mol. The minimum atomic E-state index is 0.413. The third-order valence-corrected chi connectivity index (χ3v) is 4.80. The second-order valence-electron chi connectivity index (χ2n) is 6.20. The zero-order valence-electron chi connectivity index (χ0n) is 12.4. The fourth-order valence-electron chi connectivity index (χ4n) is 3.67. The van der Waals surface area contributed by atoms with Crippen molar-refractivity contribution in [3.05, 3.63) is 64.7 Å². The van der Waals surface area contributed by atoms with Gasteiger partial charge in [-0.2, -0.15) is 0 Å². The van der Waals surface area contributed by atoms with E-state index in [1.165, 1.54) is 36.1 Å². The molecule has 0 amide bonds. The molecule has 0 bridgehead atoms. The summed E-state index contributed by atoms with van der Waals surface area (Å²) in [4.78, 5) is 0. The van der Waals surface area contributed by atoms with E-state index in [4.69, 9.17) is 0 Å². The summed E-state index contributed by atoms with van der Waals surface area (Å²) in [6.07, 6.45) is 4.95. The van der Waals surface area contributed by atoms with Crippen molar-refractivity contribution in [1.82, 2.24) is 5.32 Å². The predicted octanol–water partition coefficient (Wildman–Crippen LogP) is 3.82. The van der Waals surface area contributed by atoms with Crippen LogP contribution in [0, 0.1) is 0 Å². The van der Waals surface area contributed by atoms with E-state index < -0.39 is 0 Å². The van der Waals surface area contributed by atoms with Crippen molar-refractivity contribution in [2.45, 2.75) is 38.3 Å². The fraction of sp³-hybridized carbons (Fsp3) is 0.368. The molecule has 1 heterocycles. The maximum absolute atomic E-state index is 3.77. The standard InChI is InChI=1S/C19H22N2/c1-2-7-18-16(4-1)13-20-11-10-19(18)21-17-9-8-14-5-3-6-15(14)12-17/h1-2,4,7-9,12,19-21H,3,5-6,10-11,13H2. The zero-order valence-corrected chi connectivity index (χ0v) is 12.4. The van der Waals surface area contributed by atoms with Gasteiger partial charge in [0, 0.05) is 12.2 Å². The van der Waals surface area contributed by atoms with Gasteiger partial charge in [-0.25, -0.2) is 0 Å². The van der Waals surface area contributed by atoms with Gasteiger partial charge in [-0.05, 0) is 66.6 Å². The average Bonchev–Trinajstić information content (AvgIpc) is 2.89. The van der Waals surface area contributed by atoms with E-state index in [1.807, 2.05) is 0 Å². The van der Waals surface area contributed by atoms with Crippen molar-refractivity contribution < 1.29 is 0 Å². The molecular formula is C19H22N2. The fourth-order valence-corrected chi connectivity index (χ4v) is 3.67. The van der Waals surface area contributed by atoms with Crippen LogP contribution in [0.3, 0.4) is 0 Å². The molecule has 4 rings (SSSR count). The zero-order chi connectivity index (χ0) is 14.1. The van der Waals surface area contributed by atoms with E-state index in [9.17, 15) is 0 Å². The molecule has 2 aromatic carbocycles. The lowest BCUT2D eigenvalue weighted by Crippen LogP contribution is -2.15. The highest BCUT2D eigenvalue weighted by molar-refractivity contribution is 5.52. The smallest absolute Gasteiger partial charge is 0.0529 e. The summed E-state index contributed by atoms with van der Waals surface area (Å²) in [6, 6.07) is 16.1. The van der Waals surface area contributed by atoms with Crippen LogP contribution < -0.4 is 10.6 Å². The highest BCUT2D eigenvalue weighted by Gasteiger charge is 2.18. The molecule has 21 heavy (non-hydrogen) atoms. The molecule has 0 saturated carbocycles. The first-order valence-corrected chi connectivity index (χ1v) is 8.07. The minimum absolute atomic E-state index is 0.413.